The van der Waals surface area contributed by atoms with Gasteiger partial charge in [-0.25, -0.2) is 4.68 Å². The van der Waals surface area contributed by atoms with Crippen molar-refractivity contribution in [1.29, 1.82) is 0 Å². The van der Waals surface area contributed by atoms with E-state index in [0.29, 0.717) is 11.4 Å². The Morgan fingerprint density at radius 3 is 2.26 bits per heavy atom. The zero-order chi connectivity index (χ0) is 17.4. The Labute approximate surface area is 146 Å². The Hall–Kier alpha value is -1.62. The minimum absolute atomic E-state index is 0.0801. The molecule has 1 aromatic carbocycles. The molecular formula is C18H24BrN3O. The van der Waals surface area contributed by atoms with Crippen molar-refractivity contribution >= 4 is 27.7 Å². The van der Waals surface area contributed by atoms with E-state index < -0.39 is 0 Å². The van der Waals surface area contributed by atoms with Gasteiger partial charge in [0.15, 0.2) is 0 Å². The third-order valence-electron chi connectivity index (χ3n) is 3.47. The smallest absolute Gasteiger partial charge is 0.257 e. The molecule has 0 aliphatic heterocycles. The summed E-state index contributed by atoms with van der Waals surface area (Å²) in [6, 6.07) is 9.34. The lowest BCUT2D eigenvalue weighted by Crippen LogP contribution is -2.27. The molecule has 1 amide bonds. The molecule has 0 fully saturated rings. The van der Waals surface area contributed by atoms with Gasteiger partial charge in [-0.2, -0.15) is 5.10 Å². The number of nitrogens with one attached hydrogen (secondary N) is 1. The Bertz CT molecular complexity index is 721. The van der Waals surface area contributed by atoms with E-state index in [9.17, 15) is 4.79 Å². The molecule has 1 N–H and O–H groups in total. The molecule has 5 heteroatoms. The SMILES string of the molecule is CC(C)(C)c1cc(NC(=O)c2ccccc2Br)n(C(C)(C)C)n1. The monoisotopic (exact) mass is 377 g/mol. The van der Waals surface area contributed by atoms with E-state index in [1.54, 1.807) is 6.07 Å². The van der Waals surface area contributed by atoms with Crippen molar-refractivity contribution < 1.29 is 4.79 Å². The molecule has 1 aromatic heterocycles. The number of carbonyl (C=O) groups is 1. The van der Waals surface area contributed by atoms with E-state index in [0.717, 1.165) is 10.2 Å². The molecule has 0 aliphatic carbocycles. The highest BCUT2D eigenvalue weighted by Crippen LogP contribution is 2.28. The first-order valence-corrected chi connectivity index (χ1v) is 8.46. The maximum absolute atomic E-state index is 12.6. The molecule has 0 aliphatic rings. The fourth-order valence-corrected chi connectivity index (χ4v) is 2.64. The second-order valence-electron chi connectivity index (χ2n) is 7.68. The van der Waals surface area contributed by atoms with Crippen LogP contribution in [-0.4, -0.2) is 15.7 Å². The van der Waals surface area contributed by atoms with E-state index in [-0.39, 0.29) is 16.9 Å². The van der Waals surface area contributed by atoms with Crippen molar-refractivity contribution in [2.75, 3.05) is 5.32 Å². The number of hydrogen-bond acceptors (Lipinski definition) is 2. The van der Waals surface area contributed by atoms with Crippen LogP contribution in [0.2, 0.25) is 0 Å². The van der Waals surface area contributed by atoms with E-state index in [2.05, 4.69) is 62.8 Å². The molecule has 23 heavy (non-hydrogen) atoms. The first-order chi connectivity index (χ1) is 10.5. The van der Waals surface area contributed by atoms with Crippen molar-refractivity contribution in [2.24, 2.45) is 0 Å². The summed E-state index contributed by atoms with van der Waals surface area (Å²) >= 11 is 3.42. The Morgan fingerprint density at radius 1 is 1.13 bits per heavy atom. The highest BCUT2D eigenvalue weighted by atomic mass is 79.9. The van der Waals surface area contributed by atoms with Crippen molar-refractivity contribution in [2.45, 2.75) is 52.5 Å². The first kappa shape index (κ1) is 17.7. The largest absolute Gasteiger partial charge is 0.307 e. The molecule has 1 heterocycles. The second kappa shape index (κ2) is 6.11. The van der Waals surface area contributed by atoms with Gasteiger partial charge < -0.3 is 5.32 Å². The molecule has 4 nitrogen and oxygen atoms in total. The van der Waals surface area contributed by atoms with Crippen molar-refractivity contribution in [3.05, 3.63) is 46.1 Å². The van der Waals surface area contributed by atoms with Gasteiger partial charge in [0.2, 0.25) is 0 Å². The third kappa shape index (κ3) is 4.02. The summed E-state index contributed by atoms with van der Waals surface area (Å²) in [6.45, 7) is 12.5. The van der Waals surface area contributed by atoms with Gasteiger partial charge in [-0.05, 0) is 48.8 Å². The van der Waals surface area contributed by atoms with Crippen molar-refractivity contribution in [3.8, 4) is 0 Å². The van der Waals surface area contributed by atoms with E-state index in [1.807, 2.05) is 28.9 Å². The quantitative estimate of drug-likeness (QED) is 0.804. The van der Waals surface area contributed by atoms with Gasteiger partial charge in [-0.1, -0.05) is 32.9 Å². The first-order valence-electron chi connectivity index (χ1n) is 7.67. The van der Waals surface area contributed by atoms with Crippen LogP contribution in [0.5, 0.6) is 0 Å². The maximum Gasteiger partial charge on any atom is 0.257 e. The van der Waals surface area contributed by atoms with Crippen LogP contribution in [0.3, 0.4) is 0 Å². The van der Waals surface area contributed by atoms with Gasteiger partial charge >= 0.3 is 0 Å². The van der Waals surface area contributed by atoms with Crippen molar-refractivity contribution in [3.63, 3.8) is 0 Å². The van der Waals surface area contributed by atoms with Crippen molar-refractivity contribution in [1.82, 2.24) is 9.78 Å². The number of halogens is 1. The molecule has 2 rings (SSSR count). The number of carbonyl (C=O) groups excluding carboxylic acids is 1. The molecule has 124 valence electrons. The van der Waals surface area contributed by atoms with Crippen LogP contribution in [0.1, 0.15) is 57.6 Å². The summed E-state index contributed by atoms with van der Waals surface area (Å²) in [5.41, 5.74) is 1.25. The molecule has 0 radical (unpaired) electrons. The minimum atomic E-state index is -0.222. The average Bonchev–Trinajstić information content (AvgIpc) is 2.83. The van der Waals surface area contributed by atoms with Gasteiger partial charge in [0.25, 0.3) is 5.91 Å². The number of aromatic nitrogens is 2. The summed E-state index contributed by atoms with van der Waals surface area (Å²) in [7, 11) is 0. The summed E-state index contributed by atoms with van der Waals surface area (Å²) in [5, 5.41) is 7.71. The standard InChI is InChI=1S/C18H24BrN3O/c1-17(2,3)14-11-15(22(21-14)18(4,5)6)20-16(23)12-9-7-8-10-13(12)19/h7-11H,1-6H3,(H,20,23). The number of amides is 1. The second-order valence-corrected chi connectivity index (χ2v) is 8.54. The van der Waals surface area contributed by atoms with Crippen LogP contribution in [0.4, 0.5) is 5.82 Å². The van der Waals surface area contributed by atoms with Gasteiger partial charge in [-0.3, -0.25) is 4.79 Å². The van der Waals surface area contributed by atoms with E-state index in [4.69, 9.17) is 5.10 Å². The molecule has 0 unspecified atom stereocenters. The van der Waals surface area contributed by atoms with E-state index >= 15 is 0 Å². The summed E-state index contributed by atoms with van der Waals surface area (Å²) < 4.78 is 2.65. The fourth-order valence-electron chi connectivity index (χ4n) is 2.18. The highest BCUT2D eigenvalue weighted by molar-refractivity contribution is 9.10. The molecule has 0 atom stereocenters. The molecule has 0 bridgehead atoms. The van der Waals surface area contributed by atoms with Crippen LogP contribution in [0, 0.1) is 0 Å². The summed E-state index contributed by atoms with van der Waals surface area (Å²) in [5.74, 6) is 0.562. The number of hydrogen-bond donors (Lipinski definition) is 1. The van der Waals surface area contributed by atoms with Gasteiger partial charge in [0.05, 0.1) is 16.8 Å². The van der Waals surface area contributed by atoms with Crippen LogP contribution < -0.4 is 5.32 Å². The van der Waals surface area contributed by atoms with Gasteiger partial charge in [0.1, 0.15) is 5.82 Å². The topological polar surface area (TPSA) is 46.9 Å². The predicted molar refractivity (Wildman–Crippen MR) is 98.0 cm³/mol. The van der Waals surface area contributed by atoms with Gasteiger partial charge in [0, 0.05) is 16.0 Å². The number of rotatable bonds is 2. The highest BCUT2D eigenvalue weighted by Gasteiger charge is 2.26. The Kier molecular flexibility index (Phi) is 4.71. The fraction of sp³-hybridized carbons (Fsp3) is 0.444. The lowest BCUT2D eigenvalue weighted by atomic mass is 9.92. The molecule has 0 saturated heterocycles. The van der Waals surface area contributed by atoms with Crippen LogP contribution in [-0.2, 0) is 11.0 Å². The lowest BCUT2D eigenvalue weighted by molar-refractivity contribution is 0.102. The zero-order valence-corrected chi connectivity index (χ0v) is 16.2. The maximum atomic E-state index is 12.6. The van der Waals surface area contributed by atoms with Gasteiger partial charge in [-0.15, -0.1) is 0 Å². The average molecular weight is 378 g/mol. The third-order valence-corrected chi connectivity index (χ3v) is 4.16. The minimum Gasteiger partial charge on any atom is -0.307 e. The zero-order valence-electron chi connectivity index (χ0n) is 14.6. The van der Waals surface area contributed by atoms with Crippen LogP contribution in [0.25, 0.3) is 0 Å². The number of anilines is 1. The lowest BCUT2D eigenvalue weighted by Gasteiger charge is -2.23. The molecule has 2 aromatic rings. The number of benzene rings is 1. The molecular weight excluding hydrogens is 354 g/mol. The Balaban J connectivity index is 2.41. The molecule has 0 saturated carbocycles. The Morgan fingerprint density at radius 2 is 1.74 bits per heavy atom. The molecule has 0 spiro atoms. The predicted octanol–water partition coefficient (Wildman–Crippen LogP) is 4.95. The van der Waals surface area contributed by atoms with Crippen LogP contribution in [0.15, 0.2) is 34.8 Å². The number of nitrogens with zero attached hydrogens (tertiary/aromatic N) is 2. The van der Waals surface area contributed by atoms with E-state index in [1.165, 1.54) is 0 Å². The van der Waals surface area contributed by atoms with Crippen LogP contribution >= 0.6 is 15.9 Å². The normalized spacial score (nSPS) is 12.3. The summed E-state index contributed by atoms with van der Waals surface area (Å²) in [4.78, 5) is 12.6. The summed E-state index contributed by atoms with van der Waals surface area (Å²) in [6.07, 6.45) is 0.